The lowest BCUT2D eigenvalue weighted by molar-refractivity contribution is 0.0757. The molecular formula is C15H23ClN2O2S. The Balaban J connectivity index is 0.00000161. The minimum absolute atomic E-state index is 0. The van der Waals surface area contributed by atoms with Gasteiger partial charge in [-0.3, -0.25) is 4.79 Å². The van der Waals surface area contributed by atoms with Crippen molar-refractivity contribution in [1.82, 2.24) is 5.32 Å². The number of rotatable bonds is 3. The second kappa shape index (κ2) is 6.99. The van der Waals surface area contributed by atoms with Crippen LogP contribution in [0.1, 0.15) is 41.8 Å². The van der Waals surface area contributed by atoms with Gasteiger partial charge in [0.05, 0.1) is 7.11 Å². The quantitative estimate of drug-likeness (QED) is 0.895. The summed E-state index contributed by atoms with van der Waals surface area (Å²) in [7, 11) is 1.60. The molecule has 0 spiro atoms. The van der Waals surface area contributed by atoms with E-state index in [1.165, 1.54) is 30.6 Å². The molecule has 118 valence electrons. The Morgan fingerprint density at radius 1 is 1.38 bits per heavy atom. The Labute approximate surface area is 135 Å². The second-order valence-corrected chi connectivity index (χ2v) is 6.92. The van der Waals surface area contributed by atoms with Crippen LogP contribution >= 0.6 is 23.7 Å². The van der Waals surface area contributed by atoms with Crippen molar-refractivity contribution in [2.45, 2.75) is 44.2 Å². The van der Waals surface area contributed by atoms with Gasteiger partial charge in [0.25, 0.3) is 5.91 Å². The summed E-state index contributed by atoms with van der Waals surface area (Å²) in [6.07, 6.45) is 5.75. The number of hydrogen-bond donors (Lipinski definition) is 2. The maximum atomic E-state index is 12.5. The molecule has 6 heteroatoms. The van der Waals surface area contributed by atoms with Crippen molar-refractivity contribution in [3.05, 3.63) is 16.3 Å². The van der Waals surface area contributed by atoms with Gasteiger partial charge in [0.1, 0.15) is 10.6 Å². The smallest absolute Gasteiger partial charge is 0.265 e. The fourth-order valence-electron chi connectivity index (χ4n) is 3.87. The van der Waals surface area contributed by atoms with Gasteiger partial charge in [0, 0.05) is 12.1 Å². The molecule has 0 radical (unpaired) electrons. The van der Waals surface area contributed by atoms with Gasteiger partial charge in [-0.1, -0.05) is 6.42 Å². The van der Waals surface area contributed by atoms with E-state index in [2.05, 4.69) is 5.32 Å². The standard InChI is InChI=1S/C15H22N2O2S.ClH/c1-19-12-5-6-20-14(12)15(18)17-13-9-3-2-4-10(13)8-11(16)7-9;/h5-6,9-11,13H,2-4,7-8,16H2,1H3,(H,17,18);1H. The van der Waals surface area contributed by atoms with Gasteiger partial charge in [-0.25, -0.2) is 0 Å². The molecule has 2 bridgehead atoms. The second-order valence-electron chi connectivity index (χ2n) is 6.00. The van der Waals surface area contributed by atoms with Crippen LogP contribution in [-0.2, 0) is 0 Å². The highest BCUT2D eigenvalue weighted by Gasteiger charge is 2.40. The van der Waals surface area contributed by atoms with Gasteiger partial charge >= 0.3 is 0 Å². The number of ether oxygens (including phenoxy) is 1. The molecule has 2 aliphatic rings. The largest absolute Gasteiger partial charge is 0.495 e. The first-order valence-electron chi connectivity index (χ1n) is 7.37. The van der Waals surface area contributed by atoms with Gasteiger partial charge in [-0.2, -0.15) is 0 Å². The third kappa shape index (κ3) is 3.35. The summed E-state index contributed by atoms with van der Waals surface area (Å²) in [4.78, 5) is 13.1. The van der Waals surface area contributed by atoms with Crippen LogP contribution in [0.5, 0.6) is 5.75 Å². The number of halogens is 1. The van der Waals surface area contributed by atoms with Crippen molar-refractivity contribution in [3.63, 3.8) is 0 Å². The van der Waals surface area contributed by atoms with Crippen LogP contribution in [0.2, 0.25) is 0 Å². The van der Waals surface area contributed by atoms with Crippen molar-refractivity contribution >= 4 is 29.7 Å². The lowest BCUT2D eigenvalue weighted by Gasteiger charge is -2.45. The van der Waals surface area contributed by atoms with Crippen LogP contribution in [0.4, 0.5) is 0 Å². The number of carbonyl (C=O) groups is 1. The van der Waals surface area contributed by atoms with E-state index >= 15 is 0 Å². The Kier molecular flexibility index (Phi) is 5.52. The van der Waals surface area contributed by atoms with Gasteiger partial charge in [-0.15, -0.1) is 23.7 Å². The number of nitrogens with one attached hydrogen (secondary N) is 1. The van der Waals surface area contributed by atoms with E-state index in [1.807, 2.05) is 11.4 Å². The molecule has 2 aliphatic carbocycles. The van der Waals surface area contributed by atoms with Gasteiger partial charge in [0.15, 0.2) is 0 Å². The van der Waals surface area contributed by atoms with Gasteiger partial charge in [0.2, 0.25) is 0 Å². The van der Waals surface area contributed by atoms with Gasteiger partial charge in [-0.05, 0) is 49.0 Å². The first kappa shape index (κ1) is 16.6. The molecule has 2 unspecified atom stereocenters. The summed E-state index contributed by atoms with van der Waals surface area (Å²) in [5, 5.41) is 5.15. The number of methoxy groups -OCH3 is 1. The number of thiophene rings is 1. The Morgan fingerprint density at radius 2 is 2.05 bits per heavy atom. The van der Waals surface area contributed by atoms with E-state index in [1.54, 1.807) is 7.11 Å². The minimum Gasteiger partial charge on any atom is -0.495 e. The normalized spacial score (nSPS) is 31.1. The molecule has 1 heterocycles. The zero-order chi connectivity index (χ0) is 14.1. The molecule has 1 aromatic rings. The molecule has 2 saturated carbocycles. The highest BCUT2D eigenvalue weighted by atomic mass is 35.5. The Hall–Kier alpha value is -0.780. The fraction of sp³-hybridized carbons (Fsp3) is 0.667. The summed E-state index contributed by atoms with van der Waals surface area (Å²) < 4.78 is 5.24. The molecule has 1 aromatic heterocycles. The fourth-order valence-corrected chi connectivity index (χ4v) is 4.63. The van der Waals surface area contributed by atoms with Crippen molar-refractivity contribution in [2.24, 2.45) is 17.6 Å². The van der Waals surface area contributed by atoms with Crippen molar-refractivity contribution in [1.29, 1.82) is 0 Å². The molecule has 4 nitrogen and oxygen atoms in total. The maximum absolute atomic E-state index is 12.5. The molecular weight excluding hydrogens is 308 g/mol. The van der Waals surface area contributed by atoms with E-state index in [9.17, 15) is 4.79 Å². The summed E-state index contributed by atoms with van der Waals surface area (Å²) in [6.45, 7) is 0. The van der Waals surface area contributed by atoms with E-state index in [0.29, 0.717) is 34.5 Å². The predicted octanol–water partition coefficient (Wildman–Crippen LogP) is 2.81. The Morgan fingerprint density at radius 3 is 2.67 bits per heavy atom. The number of nitrogens with two attached hydrogens (primary N) is 1. The van der Waals surface area contributed by atoms with Crippen LogP contribution in [0.15, 0.2) is 11.4 Å². The monoisotopic (exact) mass is 330 g/mol. The van der Waals surface area contributed by atoms with E-state index in [0.717, 1.165) is 12.8 Å². The predicted molar refractivity (Wildman–Crippen MR) is 87.4 cm³/mol. The van der Waals surface area contributed by atoms with Crippen molar-refractivity contribution in [2.75, 3.05) is 7.11 Å². The highest BCUT2D eigenvalue weighted by Crippen LogP contribution is 2.40. The minimum atomic E-state index is 0. The molecule has 2 atom stereocenters. The summed E-state index contributed by atoms with van der Waals surface area (Å²) in [5.74, 6) is 1.78. The average molecular weight is 331 g/mol. The maximum Gasteiger partial charge on any atom is 0.265 e. The van der Waals surface area contributed by atoms with Crippen LogP contribution in [0.25, 0.3) is 0 Å². The van der Waals surface area contributed by atoms with Crippen LogP contribution in [0, 0.1) is 11.8 Å². The summed E-state index contributed by atoms with van der Waals surface area (Å²) in [5.41, 5.74) is 6.13. The molecule has 2 fully saturated rings. The molecule has 0 saturated heterocycles. The highest BCUT2D eigenvalue weighted by molar-refractivity contribution is 7.12. The SMILES string of the molecule is COc1ccsc1C(=O)NC1C2CCCC1CC(N)C2.Cl. The van der Waals surface area contributed by atoms with Gasteiger partial charge < -0.3 is 15.8 Å². The average Bonchev–Trinajstić information content (AvgIpc) is 2.88. The lowest BCUT2D eigenvalue weighted by Crippen LogP contribution is -2.53. The van der Waals surface area contributed by atoms with Crippen LogP contribution in [0.3, 0.4) is 0 Å². The van der Waals surface area contributed by atoms with E-state index < -0.39 is 0 Å². The molecule has 3 N–H and O–H groups in total. The van der Waals surface area contributed by atoms with Crippen molar-refractivity contribution in [3.8, 4) is 5.75 Å². The lowest BCUT2D eigenvalue weighted by atomic mass is 9.67. The molecule has 3 rings (SSSR count). The summed E-state index contributed by atoms with van der Waals surface area (Å²) >= 11 is 1.44. The molecule has 0 aromatic carbocycles. The van der Waals surface area contributed by atoms with E-state index in [-0.39, 0.29) is 18.3 Å². The molecule has 21 heavy (non-hydrogen) atoms. The topological polar surface area (TPSA) is 64.3 Å². The van der Waals surface area contributed by atoms with Crippen molar-refractivity contribution < 1.29 is 9.53 Å². The first-order chi connectivity index (χ1) is 9.69. The first-order valence-corrected chi connectivity index (χ1v) is 8.25. The molecule has 1 amide bonds. The van der Waals surface area contributed by atoms with Crippen LogP contribution < -0.4 is 15.8 Å². The number of fused-ring (bicyclic) bond motifs is 2. The third-order valence-corrected chi connectivity index (χ3v) is 5.62. The molecule has 0 aliphatic heterocycles. The van der Waals surface area contributed by atoms with Crippen LogP contribution in [-0.4, -0.2) is 25.1 Å². The zero-order valence-corrected chi connectivity index (χ0v) is 13.8. The van der Waals surface area contributed by atoms with E-state index in [4.69, 9.17) is 10.5 Å². The third-order valence-electron chi connectivity index (χ3n) is 4.73. The number of amides is 1. The number of carbonyl (C=O) groups excluding carboxylic acids is 1. The zero-order valence-electron chi connectivity index (χ0n) is 12.2. The Bertz CT molecular complexity index is 480. The number of hydrogen-bond acceptors (Lipinski definition) is 4. The summed E-state index contributed by atoms with van der Waals surface area (Å²) in [6, 6.07) is 2.45.